The van der Waals surface area contributed by atoms with E-state index in [0.29, 0.717) is 12.2 Å². The molecule has 1 heterocycles. The van der Waals surface area contributed by atoms with Gasteiger partial charge in [0.15, 0.2) is 0 Å². The van der Waals surface area contributed by atoms with Crippen molar-refractivity contribution in [2.75, 3.05) is 0 Å². The van der Waals surface area contributed by atoms with E-state index in [9.17, 15) is 9.59 Å². The maximum atomic E-state index is 12.7. The molecule has 36 heavy (non-hydrogen) atoms. The first kappa shape index (κ1) is 28.1. The van der Waals surface area contributed by atoms with Gasteiger partial charge in [-0.1, -0.05) is 32.0 Å². The number of halogens is 2. The summed E-state index contributed by atoms with van der Waals surface area (Å²) in [6, 6.07) is 16.3. The van der Waals surface area contributed by atoms with E-state index in [4.69, 9.17) is 10.00 Å². The molecular formula is C26H24I2N4O3S. The van der Waals surface area contributed by atoms with Crippen LogP contribution in [0, 0.1) is 24.4 Å². The SMILES string of the molecule is CC(C)[C@H](NC(=O)Cc1cccs1)C(=O)N/N=C/c1cc(I)c(OCc2ccc(C#N)cc2)c(I)c1. The fourth-order valence-electron chi connectivity index (χ4n) is 3.19. The third kappa shape index (κ3) is 8.28. The van der Waals surface area contributed by atoms with Crippen molar-refractivity contribution in [3.63, 3.8) is 0 Å². The lowest BCUT2D eigenvalue weighted by molar-refractivity contribution is -0.129. The highest BCUT2D eigenvalue weighted by Crippen LogP contribution is 2.29. The van der Waals surface area contributed by atoms with Crippen LogP contribution in [0.2, 0.25) is 0 Å². The lowest BCUT2D eigenvalue weighted by atomic mass is 10.0. The van der Waals surface area contributed by atoms with Gasteiger partial charge in [-0.05, 0) is 97.9 Å². The minimum atomic E-state index is -0.687. The third-order valence-corrected chi connectivity index (χ3v) is 7.53. The molecule has 0 unspecified atom stereocenters. The number of hydrogen-bond acceptors (Lipinski definition) is 6. The van der Waals surface area contributed by atoms with Crippen molar-refractivity contribution in [3.8, 4) is 11.8 Å². The van der Waals surface area contributed by atoms with Crippen LogP contribution in [-0.2, 0) is 22.6 Å². The van der Waals surface area contributed by atoms with Gasteiger partial charge in [0, 0.05) is 4.88 Å². The lowest BCUT2D eigenvalue weighted by Crippen LogP contribution is -2.49. The Kier molecular flexibility index (Phi) is 10.7. The molecule has 3 aromatic rings. The Morgan fingerprint density at radius 1 is 1.17 bits per heavy atom. The first-order valence-electron chi connectivity index (χ1n) is 11.0. The minimum Gasteiger partial charge on any atom is -0.487 e. The van der Waals surface area contributed by atoms with Crippen LogP contribution in [0.1, 0.15) is 35.4 Å². The van der Waals surface area contributed by atoms with Crippen molar-refractivity contribution >= 4 is 74.5 Å². The van der Waals surface area contributed by atoms with Crippen molar-refractivity contribution in [2.24, 2.45) is 11.0 Å². The van der Waals surface area contributed by atoms with Crippen molar-refractivity contribution in [3.05, 3.63) is 82.6 Å². The molecule has 10 heteroatoms. The van der Waals surface area contributed by atoms with Gasteiger partial charge in [0.1, 0.15) is 18.4 Å². The summed E-state index contributed by atoms with van der Waals surface area (Å²) >= 11 is 5.91. The van der Waals surface area contributed by atoms with Gasteiger partial charge in [-0.3, -0.25) is 9.59 Å². The molecule has 0 saturated heterocycles. The van der Waals surface area contributed by atoms with Crippen molar-refractivity contribution < 1.29 is 14.3 Å². The quantitative estimate of drug-likeness (QED) is 0.170. The zero-order valence-corrected chi connectivity index (χ0v) is 24.8. The summed E-state index contributed by atoms with van der Waals surface area (Å²) in [5.74, 6) is 0.0977. The van der Waals surface area contributed by atoms with Gasteiger partial charge in [0.25, 0.3) is 5.91 Å². The molecule has 186 valence electrons. The van der Waals surface area contributed by atoms with Crippen molar-refractivity contribution in [1.82, 2.24) is 10.7 Å². The lowest BCUT2D eigenvalue weighted by Gasteiger charge is -2.20. The third-order valence-electron chi connectivity index (χ3n) is 5.06. The van der Waals surface area contributed by atoms with E-state index in [1.165, 1.54) is 11.3 Å². The molecule has 0 radical (unpaired) electrons. The average molecular weight is 726 g/mol. The highest BCUT2D eigenvalue weighted by atomic mass is 127. The number of nitrogens with zero attached hydrogens (tertiary/aromatic N) is 2. The Morgan fingerprint density at radius 3 is 2.44 bits per heavy atom. The largest absolute Gasteiger partial charge is 0.487 e. The van der Waals surface area contributed by atoms with E-state index in [-0.39, 0.29) is 24.2 Å². The smallest absolute Gasteiger partial charge is 0.262 e. The summed E-state index contributed by atoms with van der Waals surface area (Å²) in [5.41, 5.74) is 4.93. The number of hydrogen-bond donors (Lipinski definition) is 2. The molecule has 0 saturated carbocycles. The fourth-order valence-corrected chi connectivity index (χ4v) is 6.02. The predicted octanol–water partition coefficient (Wildman–Crippen LogP) is 5.24. The van der Waals surface area contributed by atoms with Crippen LogP contribution >= 0.6 is 56.5 Å². The fraction of sp³-hybridized carbons (Fsp3) is 0.231. The summed E-state index contributed by atoms with van der Waals surface area (Å²) in [6.45, 7) is 4.14. The van der Waals surface area contributed by atoms with Crippen molar-refractivity contribution in [1.29, 1.82) is 5.26 Å². The zero-order chi connectivity index (χ0) is 26.1. The van der Waals surface area contributed by atoms with Gasteiger partial charge >= 0.3 is 0 Å². The Labute approximate surface area is 241 Å². The van der Waals surface area contributed by atoms with E-state index in [2.05, 4.69) is 67.1 Å². The molecule has 0 fully saturated rings. The summed E-state index contributed by atoms with van der Waals surface area (Å²) in [5, 5.41) is 17.8. The molecule has 0 aliphatic rings. The monoisotopic (exact) mass is 726 g/mol. The molecule has 3 rings (SSSR count). The molecule has 0 aliphatic heterocycles. The number of thiophene rings is 1. The maximum absolute atomic E-state index is 12.7. The molecule has 0 aliphatic carbocycles. The van der Waals surface area contributed by atoms with Crippen LogP contribution in [-0.4, -0.2) is 24.1 Å². The summed E-state index contributed by atoms with van der Waals surface area (Å²) < 4.78 is 7.81. The Hall–Kier alpha value is -2.50. The highest BCUT2D eigenvalue weighted by Gasteiger charge is 2.24. The maximum Gasteiger partial charge on any atom is 0.262 e. The molecule has 7 nitrogen and oxygen atoms in total. The van der Waals surface area contributed by atoms with Crippen LogP contribution in [0.4, 0.5) is 0 Å². The highest BCUT2D eigenvalue weighted by molar-refractivity contribution is 14.1. The number of ether oxygens (including phenoxy) is 1. The number of carbonyl (C=O) groups is 2. The molecule has 2 amide bonds. The first-order valence-corrected chi connectivity index (χ1v) is 14.1. The average Bonchev–Trinajstić information content (AvgIpc) is 3.35. The molecule has 0 bridgehead atoms. The second kappa shape index (κ2) is 13.7. The second-order valence-electron chi connectivity index (χ2n) is 8.19. The van der Waals surface area contributed by atoms with Gasteiger partial charge in [0.2, 0.25) is 5.91 Å². The number of rotatable bonds is 10. The Morgan fingerprint density at radius 2 is 1.86 bits per heavy atom. The molecule has 2 N–H and O–H groups in total. The number of nitrogens with one attached hydrogen (secondary N) is 2. The topological polar surface area (TPSA) is 104 Å². The predicted molar refractivity (Wildman–Crippen MR) is 158 cm³/mol. The summed E-state index contributed by atoms with van der Waals surface area (Å²) in [7, 11) is 0. The zero-order valence-electron chi connectivity index (χ0n) is 19.6. The van der Waals surface area contributed by atoms with Gasteiger partial charge in [-0.2, -0.15) is 10.4 Å². The number of carbonyl (C=O) groups excluding carboxylic acids is 2. The molecule has 1 aromatic heterocycles. The summed E-state index contributed by atoms with van der Waals surface area (Å²) in [6.07, 6.45) is 1.81. The van der Waals surface area contributed by atoms with E-state index < -0.39 is 6.04 Å². The normalized spacial score (nSPS) is 11.8. The van der Waals surface area contributed by atoms with Gasteiger partial charge in [0.05, 0.1) is 31.4 Å². The number of hydrazone groups is 1. The van der Waals surface area contributed by atoms with E-state index in [1.54, 1.807) is 18.3 Å². The summed E-state index contributed by atoms with van der Waals surface area (Å²) in [4.78, 5) is 26.0. The van der Waals surface area contributed by atoms with Gasteiger partial charge in [-0.15, -0.1) is 11.3 Å². The van der Waals surface area contributed by atoms with Gasteiger partial charge < -0.3 is 10.1 Å². The van der Waals surface area contributed by atoms with Crippen LogP contribution in [0.3, 0.4) is 0 Å². The van der Waals surface area contributed by atoms with Crippen LogP contribution < -0.4 is 15.5 Å². The van der Waals surface area contributed by atoms with E-state index in [0.717, 1.165) is 28.9 Å². The minimum absolute atomic E-state index is 0.0954. The molecule has 2 aromatic carbocycles. The standard InChI is InChI=1S/C26H24I2N4O3S/c1-16(2)24(31-23(33)12-20-4-3-9-36-20)26(34)32-30-14-19-10-21(27)25(22(28)11-19)35-15-18-7-5-17(13-29)6-8-18/h3-11,14,16,24H,12,15H2,1-2H3,(H,31,33)(H,32,34)/b30-14+/t24-/m0/s1. The number of benzene rings is 2. The van der Waals surface area contributed by atoms with E-state index >= 15 is 0 Å². The second-order valence-corrected chi connectivity index (χ2v) is 11.5. The van der Waals surface area contributed by atoms with E-state index in [1.807, 2.05) is 55.6 Å². The van der Waals surface area contributed by atoms with Crippen LogP contribution in [0.15, 0.2) is 59.0 Å². The van der Waals surface area contributed by atoms with Crippen LogP contribution in [0.5, 0.6) is 5.75 Å². The van der Waals surface area contributed by atoms with Gasteiger partial charge in [-0.25, -0.2) is 5.43 Å². The van der Waals surface area contributed by atoms with Crippen molar-refractivity contribution in [2.45, 2.75) is 32.9 Å². The van der Waals surface area contributed by atoms with Crippen LogP contribution in [0.25, 0.3) is 0 Å². The Bertz CT molecular complexity index is 1250. The Balaban J connectivity index is 1.58. The first-order chi connectivity index (χ1) is 17.3. The molecular weight excluding hydrogens is 702 g/mol. The number of nitriles is 1. The number of amides is 2. The molecule has 0 spiro atoms. The molecule has 1 atom stereocenters.